The number of aryl methyl sites for hydroxylation is 3. The number of nitro groups is 1. The number of amides is 1. The average molecular weight is 426 g/mol. The van der Waals surface area contributed by atoms with Gasteiger partial charge < -0.3 is 9.30 Å². The summed E-state index contributed by atoms with van der Waals surface area (Å²) in [5, 5.41) is 11.3. The van der Waals surface area contributed by atoms with Gasteiger partial charge >= 0.3 is 5.69 Å². The minimum absolute atomic E-state index is 0.101. The summed E-state index contributed by atoms with van der Waals surface area (Å²) in [5.41, 5.74) is 4.39. The number of benzene rings is 2. The van der Waals surface area contributed by atoms with E-state index in [0.717, 1.165) is 16.1 Å². The van der Waals surface area contributed by atoms with Gasteiger partial charge in [-0.15, -0.1) is 11.3 Å². The molecule has 0 spiro atoms. The van der Waals surface area contributed by atoms with E-state index in [1.54, 1.807) is 0 Å². The van der Waals surface area contributed by atoms with Crippen molar-refractivity contribution in [1.29, 1.82) is 0 Å². The fourth-order valence-electron chi connectivity index (χ4n) is 3.27. The number of methoxy groups -OCH3 is 1. The number of ether oxygens (including phenoxy) is 1. The highest BCUT2D eigenvalue weighted by Crippen LogP contribution is 2.29. The lowest BCUT2D eigenvalue weighted by molar-refractivity contribution is -0.385. The molecule has 0 radical (unpaired) electrons. The lowest BCUT2D eigenvalue weighted by Crippen LogP contribution is -2.17. The first-order valence-corrected chi connectivity index (χ1v) is 10.3. The minimum Gasteiger partial charge on any atom is -0.490 e. The standard InChI is InChI=1S/C22H23N3O4S/c1-6-24-20(16-8-7-13(2)14(3)11-16)15(4)30-22(24)23-21(26)17-9-10-19(29-5)18(12-17)25(27)28/h7-12H,6H2,1-5H3. The van der Waals surface area contributed by atoms with Gasteiger partial charge in [0.1, 0.15) is 0 Å². The average Bonchev–Trinajstić information content (AvgIpc) is 3.04. The lowest BCUT2D eigenvalue weighted by atomic mass is 10.0. The van der Waals surface area contributed by atoms with E-state index in [4.69, 9.17) is 4.74 Å². The van der Waals surface area contributed by atoms with Crippen LogP contribution in [-0.4, -0.2) is 22.5 Å². The van der Waals surface area contributed by atoms with Crippen LogP contribution in [0.3, 0.4) is 0 Å². The fraction of sp³-hybridized carbons (Fsp3) is 0.273. The Bertz CT molecular complexity index is 1210. The van der Waals surface area contributed by atoms with E-state index >= 15 is 0 Å². The van der Waals surface area contributed by atoms with Crippen LogP contribution in [0, 0.1) is 30.9 Å². The SMILES string of the molecule is CCn1c(-c2ccc(C)c(C)c2)c(C)sc1=NC(=O)c1ccc(OC)c([N+](=O)[O-])c1. The Morgan fingerprint density at radius 3 is 2.50 bits per heavy atom. The molecule has 3 aromatic rings. The molecule has 0 atom stereocenters. The van der Waals surface area contributed by atoms with E-state index < -0.39 is 10.8 Å². The topological polar surface area (TPSA) is 86.7 Å². The largest absolute Gasteiger partial charge is 0.490 e. The maximum Gasteiger partial charge on any atom is 0.311 e. The van der Waals surface area contributed by atoms with E-state index in [9.17, 15) is 14.9 Å². The molecule has 30 heavy (non-hydrogen) atoms. The van der Waals surface area contributed by atoms with Crippen LogP contribution in [-0.2, 0) is 6.54 Å². The molecule has 0 N–H and O–H groups in total. The number of nitro benzene ring substituents is 1. The number of hydrogen-bond donors (Lipinski definition) is 0. The quantitative estimate of drug-likeness (QED) is 0.433. The normalized spacial score (nSPS) is 11.6. The van der Waals surface area contributed by atoms with Crippen LogP contribution in [0.1, 0.15) is 33.3 Å². The molecule has 3 rings (SSSR count). The van der Waals surface area contributed by atoms with Crippen LogP contribution in [0.2, 0.25) is 0 Å². The number of thiazole rings is 1. The maximum absolute atomic E-state index is 12.8. The molecular weight excluding hydrogens is 402 g/mol. The van der Waals surface area contributed by atoms with E-state index in [0.29, 0.717) is 11.3 Å². The third-order valence-corrected chi connectivity index (χ3v) is 5.99. The van der Waals surface area contributed by atoms with Crippen molar-refractivity contribution in [2.75, 3.05) is 7.11 Å². The number of hydrogen-bond acceptors (Lipinski definition) is 5. The molecule has 1 aromatic heterocycles. The molecule has 0 saturated heterocycles. The summed E-state index contributed by atoms with van der Waals surface area (Å²) >= 11 is 1.43. The van der Waals surface area contributed by atoms with Crippen LogP contribution in [0.5, 0.6) is 5.75 Å². The molecule has 7 nitrogen and oxygen atoms in total. The van der Waals surface area contributed by atoms with Crippen molar-refractivity contribution in [3.05, 3.63) is 72.9 Å². The van der Waals surface area contributed by atoms with Crippen LogP contribution in [0.25, 0.3) is 11.3 Å². The Kier molecular flexibility index (Phi) is 6.17. The van der Waals surface area contributed by atoms with Gasteiger partial charge in [0, 0.05) is 23.1 Å². The predicted octanol–water partition coefficient (Wildman–Crippen LogP) is 4.82. The minimum atomic E-state index is -0.574. The predicted molar refractivity (Wildman–Crippen MR) is 117 cm³/mol. The molecule has 0 bridgehead atoms. The molecule has 0 aliphatic heterocycles. The summed E-state index contributed by atoms with van der Waals surface area (Å²) in [6.45, 7) is 8.78. The second-order valence-corrected chi connectivity index (χ2v) is 8.08. The van der Waals surface area contributed by atoms with Crippen LogP contribution in [0.4, 0.5) is 5.69 Å². The summed E-state index contributed by atoms with van der Waals surface area (Å²) in [5.74, 6) is -0.431. The van der Waals surface area contributed by atoms with Gasteiger partial charge in [0.05, 0.1) is 17.7 Å². The Morgan fingerprint density at radius 1 is 1.17 bits per heavy atom. The Morgan fingerprint density at radius 2 is 1.90 bits per heavy atom. The molecule has 2 aromatic carbocycles. The van der Waals surface area contributed by atoms with Gasteiger partial charge in [-0.05, 0) is 62.6 Å². The fourth-order valence-corrected chi connectivity index (χ4v) is 4.33. The molecule has 156 valence electrons. The first-order chi connectivity index (χ1) is 14.3. The highest BCUT2D eigenvalue weighted by atomic mass is 32.1. The van der Waals surface area contributed by atoms with Gasteiger partial charge in [-0.1, -0.05) is 12.1 Å². The number of rotatable bonds is 5. The summed E-state index contributed by atoms with van der Waals surface area (Å²) in [4.78, 5) is 29.3. The molecule has 0 saturated carbocycles. The van der Waals surface area contributed by atoms with Crippen molar-refractivity contribution in [3.8, 4) is 17.0 Å². The zero-order valence-electron chi connectivity index (χ0n) is 17.6. The highest BCUT2D eigenvalue weighted by Gasteiger charge is 2.19. The van der Waals surface area contributed by atoms with Crippen molar-refractivity contribution < 1.29 is 14.5 Å². The van der Waals surface area contributed by atoms with E-state index in [-0.39, 0.29) is 17.0 Å². The second kappa shape index (κ2) is 8.62. The van der Waals surface area contributed by atoms with E-state index in [1.165, 1.54) is 47.8 Å². The maximum atomic E-state index is 12.8. The number of carbonyl (C=O) groups excluding carboxylic acids is 1. The molecule has 0 fully saturated rings. The molecule has 0 unspecified atom stereocenters. The second-order valence-electron chi connectivity index (χ2n) is 6.89. The molecule has 8 heteroatoms. The lowest BCUT2D eigenvalue weighted by Gasteiger charge is -2.10. The van der Waals surface area contributed by atoms with Crippen LogP contribution < -0.4 is 9.54 Å². The van der Waals surface area contributed by atoms with Crippen LogP contribution >= 0.6 is 11.3 Å². The highest BCUT2D eigenvalue weighted by molar-refractivity contribution is 7.09. The first-order valence-electron chi connectivity index (χ1n) is 9.46. The number of nitrogens with zero attached hydrogens (tertiary/aromatic N) is 3. The van der Waals surface area contributed by atoms with Crippen molar-refractivity contribution in [3.63, 3.8) is 0 Å². The zero-order valence-corrected chi connectivity index (χ0v) is 18.4. The summed E-state index contributed by atoms with van der Waals surface area (Å²) < 4.78 is 7.00. The van der Waals surface area contributed by atoms with Gasteiger partial charge in [-0.2, -0.15) is 4.99 Å². The van der Waals surface area contributed by atoms with Crippen molar-refractivity contribution in [2.45, 2.75) is 34.2 Å². The smallest absolute Gasteiger partial charge is 0.311 e. The molecule has 0 aliphatic rings. The van der Waals surface area contributed by atoms with Gasteiger partial charge in [0.25, 0.3) is 5.91 Å². The third-order valence-electron chi connectivity index (χ3n) is 4.99. The Labute approximate surface area is 178 Å². The van der Waals surface area contributed by atoms with Gasteiger partial charge in [0.15, 0.2) is 10.6 Å². The van der Waals surface area contributed by atoms with Gasteiger partial charge in [-0.3, -0.25) is 14.9 Å². The zero-order chi connectivity index (χ0) is 22.0. The van der Waals surface area contributed by atoms with E-state index in [2.05, 4.69) is 37.0 Å². The summed E-state index contributed by atoms with van der Waals surface area (Å²) in [6, 6.07) is 10.4. The molecule has 1 heterocycles. The van der Waals surface area contributed by atoms with E-state index in [1.807, 2.05) is 18.4 Å². The van der Waals surface area contributed by atoms with Gasteiger partial charge in [-0.25, -0.2) is 0 Å². The first kappa shape index (κ1) is 21.4. The molecule has 0 aliphatic carbocycles. The van der Waals surface area contributed by atoms with Crippen molar-refractivity contribution >= 4 is 22.9 Å². The number of carbonyl (C=O) groups is 1. The summed E-state index contributed by atoms with van der Waals surface area (Å²) in [7, 11) is 1.35. The van der Waals surface area contributed by atoms with Crippen LogP contribution in [0.15, 0.2) is 41.4 Å². The summed E-state index contributed by atoms with van der Waals surface area (Å²) in [6.07, 6.45) is 0. The van der Waals surface area contributed by atoms with Crippen molar-refractivity contribution in [2.24, 2.45) is 4.99 Å². The molecule has 1 amide bonds. The Balaban J connectivity index is 2.10. The Hall–Kier alpha value is -3.26. The van der Waals surface area contributed by atoms with Crippen molar-refractivity contribution in [1.82, 2.24) is 4.57 Å². The number of aromatic nitrogens is 1. The molecular formula is C22H23N3O4S. The van der Waals surface area contributed by atoms with Gasteiger partial charge in [0.2, 0.25) is 0 Å². The monoisotopic (exact) mass is 425 g/mol. The third kappa shape index (κ3) is 4.04.